The molecule has 25 heavy (non-hydrogen) atoms. The van der Waals surface area contributed by atoms with Crippen molar-refractivity contribution in [2.45, 2.75) is 51.7 Å². The summed E-state index contributed by atoms with van der Waals surface area (Å²) in [5.41, 5.74) is 16.1. The maximum atomic E-state index is 12.6. The van der Waals surface area contributed by atoms with Crippen molar-refractivity contribution in [3.05, 3.63) is 46.2 Å². The number of nitrogens with two attached hydrogens (primary N) is 2. The van der Waals surface area contributed by atoms with Crippen molar-refractivity contribution in [1.82, 2.24) is 4.90 Å². The van der Waals surface area contributed by atoms with Gasteiger partial charge in [-0.25, -0.2) is 0 Å². The lowest BCUT2D eigenvalue weighted by Crippen LogP contribution is -2.45. The van der Waals surface area contributed by atoms with E-state index in [2.05, 4.69) is 17.3 Å². The molecule has 1 saturated carbocycles. The fraction of sp³-hybridized carbons (Fsp3) is 0.474. The van der Waals surface area contributed by atoms with Gasteiger partial charge < -0.3 is 21.2 Å². The maximum absolute atomic E-state index is 12.6. The minimum atomic E-state index is -0.389. The molecule has 1 spiro atoms. The Balaban J connectivity index is 1.79. The summed E-state index contributed by atoms with van der Waals surface area (Å²) < 4.78 is 0. The lowest BCUT2D eigenvalue weighted by molar-refractivity contribution is -0.127. The van der Waals surface area contributed by atoms with Crippen LogP contribution in [-0.4, -0.2) is 29.2 Å². The lowest BCUT2D eigenvalue weighted by atomic mass is 9.93. The van der Waals surface area contributed by atoms with Gasteiger partial charge in [-0.2, -0.15) is 0 Å². The van der Waals surface area contributed by atoms with E-state index in [-0.39, 0.29) is 17.3 Å². The van der Waals surface area contributed by atoms with Crippen molar-refractivity contribution in [2.75, 3.05) is 7.05 Å². The monoisotopic (exact) mass is 342 g/mol. The lowest BCUT2D eigenvalue weighted by Gasteiger charge is -2.33. The van der Waals surface area contributed by atoms with E-state index in [1.165, 1.54) is 0 Å². The second-order valence-corrected chi connectivity index (χ2v) is 7.07. The summed E-state index contributed by atoms with van der Waals surface area (Å²) in [6, 6.07) is 6.15. The molecule has 6 nitrogen and oxygen atoms in total. The molecule has 0 unspecified atom stereocenters. The van der Waals surface area contributed by atoms with Crippen LogP contribution in [0.4, 0.5) is 0 Å². The summed E-state index contributed by atoms with van der Waals surface area (Å²) in [5.74, 6) is -0.112. The standard InChI is InChI=1S/C19H26N4O2/c1-12-6-7-13(2)14(10-12)11-25-22-17(21)15-16(20)19(8-4-5-9-19)23(3)18(15)24/h6-7,10H,4-5,8-9,11,20H2,1-3H3,(H2,21,22). The highest BCUT2D eigenvalue weighted by molar-refractivity contribution is 6.22. The Labute approximate surface area is 148 Å². The zero-order valence-electron chi connectivity index (χ0n) is 15.1. The molecule has 0 radical (unpaired) electrons. The van der Waals surface area contributed by atoms with E-state index in [9.17, 15) is 4.79 Å². The second-order valence-electron chi connectivity index (χ2n) is 7.07. The molecule has 1 aromatic carbocycles. The Hall–Kier alpha value is -2.50. The molecular formula is C19H26N4O2. The predicted octanol–water partition coefficient (Wildman–Crippen LogP) is 2.09. The van der Waals surface area contributed by atoms with E-state index >= 15 is 0 Å². The van der Waals surface area contributed by atoms with E-state index in [1.807, 2.05) is 19.9 Å². The van der Waals surface area contributed by atoms with Crippen molar-refractivity contribution in [3.63, 3.8) is 0 Å². The van der Waals surface area contributed by atoms with Crippen LogP contribution in [0.3, 0.4) is 0 Å². The molecule has 134 valence electrons. The van der Waals surface area contributed by atoms with Crippen molar-refractivity contribution in [1.29, 1.82) is 0 Å². The van der Waals surface area contributed by atoms with Crippen molar-refractivity contribution >= 4 is 11.7 Å². The highest BCUT2D eigenvalue weighted by atomic mass is 16.6. The zero-order chi connectivity index (χ0) is 18.2. The molecule has 0 saturated heterocycles. The molecule has 0 bridgehead atoms. The van der Waals surface area contributed by atoms with Crippen molar-refractivity contribution in [2.24, 2.45) is 16.6 Å². The van der Waals surface area contributed by atoms with Crippen molar-refractivity contribution in [3.8, 4) is 0 Å². The SMILES string of the molecule is Cc1ccc(C)c(CON=C(N)C2=C(N)C3(CCCC3)N(C)C2=O)c1. The van der Waals surface area contributed by atoms with Gasteiger partial charge in [0.2, 0.25) is 0 Å². The Morgan fingerprint density at radius 2 is 2.00 bits per heavy atom. The Kier molecular flexibility index (Phi) is 4.45. The van der Waals surface area contributed by atoms with Gasteiger partial charge in [0.1, 0.15) is 12.2 Å². The summed E-state index contributed by atoms with van der Waals surface area (Å²) in [6.07, 6.45) is 3.87. The van der Waals surface area contributed by atoms with Crippen LogP contribution in [0.2, 0.25) is 0 Å². The van der Waals surface area contributed by atoms with Gasteiger partial charge in [0.15, 0.2) is 5.84 Å². The minimum absolute atomic E-state index is 0.0587. The molecule has 0 aromatic heterocycles. The highest BCUT2D eigenvalue weighted by Crippen LogP contribution is 2.44. The average molecular weight is 342 g/mol. The Morgan fingerprint density at radius 3 is 2.68 bits per heavy atom. The van der Waals surface area contributed by atoms with Crippen LogP contribution in [0.25, 0.3) is 0 Å². The fourth-order valence-corrected chi connectivity index (χ4v) is 3.88. The average Bonchev–Trinajstić information content (AvgIpc) is 3.13. The molecule has 3 rings (SSSR count). The largest absolute Gasteiger partial charge is 0.399 e. The molecule has 1 amide bonds. The summed E-state index contributed by atoms with van der Waals surface area (Å²) in [5, 5.41) is 3.97. The number of rotatable bonds is 4. The summed E-state index contributed by atoms with van der Waals surface area (Å²) >= 11 is 0. The molecular weight excluding hydrogens is 316 g/mol. The maximum Gasteiger partial charge on any atom is 0.260 e. The smallest absolute Gasteiger partial charge is 0.260 e. The first-order chi connectivity index (χ1) is 11.9. The van der Waals surface area contributed by atoms with Gasteiger partial charge in [-0.1, -0.05) is 41.8 Å². The van der Waals surface area contributed by atoms with Crippen molar-refractivity contribution < 1.29 is 9.63 Å². The van der Waals surface area contributed by atoms with Gasteiger partial charge in [0.25, 0.3) is 5.91 Å². The summed E-state index contributed by atoms with van der Waals surface area (Å²) in [6.45, 7) is 4.35. The molecule has 1 heterocycles. The van der Waals surface area contributed by atoms with E-state index < -0.39 is 0 Å². The molecule has 4 N–H and O–H groups in total. The van der Waals surface area contributed by atoms with Crippen LogP contribution in [-0.2, 0) is 16.2 Å². The van der Waals surface area contributed by atoms with E-state index in [0.29, 0.717) is 17.9 Å². The molecule has 0 atom stereocenters. The number of amidine groups is 1. The van der Waals surface area contributed by atoms with Crippen LogP contribution in [0.5, 0.6) is 0 Å². The normalized spacial score (nSPS) is 20.0. The van der Waals surface area contributed by atoms with Gasteiger partial charge in [-0.05, 0) is 37.8 Å². The number of amides is 1. The molecule has 1 aliphatic heterocycles. The molecule has 1 aliphatic carbocycles. The van der Waals surface area contributed by atoms with Gasteiger partial charge >= 0.3 is 0 Å². The number of likely N-dealkylation sites (N-methyl/N-ethyl adjacent to an activating group) is 1. The number of carbonyl (C=O) groups excluding carboxylic acids is 1. The third-order valence-electron chi connectivity index (χ3n) is 5.51. The third-order valence-corrected chi connectivity index (χ3v) is 5.51. The highest BCUT2D eigenvalue weighted by Gasteiger charge is 2.51. The topological polar surface area (TPSA) is 93.9 Å². The van der Waals surface area contributed by atoms with Crippen LogP contribution >= 0.6 is 0 Å². The van der Waals surface area contributed by atoms with E-state index in [4.69, 9.17) is 16.3 Å². The van der Waals surface area contributed by atoms with Crippen LogP contribution in [0.1, 0.15) is 42.4 Å². The van der Waals surface area contributed by atoms with Gasteiger partial charge in [-0.15, -0.1) is 0 Å². The first-order valence-electron chi connectivity index (χ1n) is 8.67. The Morgan fingerprint density at radius 1 is 1.32 bits per heavy atom. The van der Waals surface area contributed by atoms with Crippen LogP contribution in [0.15, 0.2) is 34.6 Å². The zero-order valence-corrected chi connectivity index (χ0v) is 15.1. The second kappa shape index (κ2) is 6.43. The molecule has 1 fully saturated rings. The molecule has 2 aliphatic rings. The number of oxime groups is 1. The number of aryl methyl sites for hydroxylation is 2. The minimum Gasteiger partial charge on any atom is -0.399 e. The van der Waals surface area contributed by atoms with Gasteiger partial charge in [0, 0.05) is 7.05 Å². The summed E-state index contributed by atoms with van der Waals surface area (Å²) in [7, 11) is 1.79. The van der Waals surface area contributed by atoms with E-state index in [1.54, 1.807) is 11.9 Å². The first-order valence-corrected chi connectivity index (χ1v) is 8.67. The van der Waals surface area contributed by atoms with Crippen LogP contribution in [0, 0.1) is 13.8 Å². The number of carbonyl (C=O) groups is 1. The number of hydrogen-bond acceptors (Lipinski definition) is 4. The first kappa shape index (κ1) is 17.3. The number of nitrogens with zero attached hydrogens (tertiary/aromatic N) is 2. The van der Waals surface area contributed by atoms with Crippen LogP contribution < -0.4 is 11.5 Å². The number of benzene rings is 1. The predicted molar refractivity (Wildman–Crippen MR) is 97.5 cm³/mol. The van der Waals surface area contributed by atoms with E-state index in [0.717, 1.165) is 42.4 Å². The fourth-order valence-electron chi connectivity index (χ4n) is 3.88. The molecule has 6 heteroatoms. The number of hydrogen-bond donors (Lipinski definition) is 2. The van der Waals surface area contributed by atoms with Gasteiger partial charge in [0.05, 0.1) is 11.2 Å². The summed E-state index contributed by atoms with van der Waals surface area (Å²) in [4.78, 5) is 19.8. The quantitative estimate of drug-likeness (QED) is 0.498. The Bertz CT molecular complexity index is 761. The molecule has 1 aromatic rings. The third kappa shape index (κ3) is 2.86. The van der Waals surface area contributed by atoms with Gasteiger partial charge in [-0.3, -0.25) is 4.79 Å².